The molecule has 0 amide bonds. The summed E-state index contributed by atoms with van der Waals surface area (Å²) in [7, 11) is 1.92. The van der Waals surface area contributed by atoms with Crippen LogP contribution in [0.4, 0.5) is 5.82 Å². The van der Waals surface area contributed by atoms with E-state index in [-0.39, 0.29) is 12.6 Å². The zero-order valence-electron chi connectivity index (χ0n) is 7.44. The zero-order valence-corrected chi connectivity index (χ0v) is 7.44. The van der Waals surface area contributed by atoms with Gasteiger partial charge in [-0.3, -0.25) is 0 Å². The fourth-order valence-corrected chi connectivity index (χ4v) is 0.911. The molecule has 0 bridgehead atoms. The van der Waals surface area contributed by atoms with E-state index < -0.39 is 0 Å². The van der Waals surface area contributed by atoms with E-state index in [2.05, 4.69) is 4.98 Å². The summed E-state index contributed by atoms with van der Waals surface area (Å²) in [4.78, 5) is 6.11. The van der Waals surface area contributed by atoms with E-state index in [9.17, 15) is 0 Å². The van der Waals surface area contributed by atoms with Gasteiger partial charge in [0.15, 0.2) is 0 Å². The smallest absolute Gasteiger partial charge is 0.128 e. The van der Waals surface area contributed by atoms with Gasteiger partial charge in [0.1, 0.15) is 5.82 Å². The number of nitrogens with zero attached hydrogens (tertiary/aromatic N) is 2. The first-order valence-corrected chi connectivity index (χ1v) is 4.00. The number of hydrogen-bond acceptors (Lipinski definition) is 3. The van der Waals surface area contributed by atoms with Crippen LogP contribution in [0.1, 0.15) is 6.92 Å². The second-order valence-corrected chi connectivity index (χ2v) is 2.83. The average Bonchev–Trinajstić information content (AvgIpc) is 2.17. The molecule has 12 heavy (non-hydrogen) atoms. The lowest BCUT2D eigenvalue weighted by molar-refractivity contribution is 0.270. The van der Waals surface area contributed by atoms with Crippen molar-refractivity contribution in [1.82, 2.24) is 4.98 Å². The highest BCUT2D eigenvalue weighted by molar-refractivity contribution is 5.37. The van der Waals surface area contributed by atoms with Crippen LogP contribution in [0.2, 0.25) is 0 Å². The Labute approximate surface area is 72.7 Å². The summed E-state index contributed by atoms with van der Waals surface area (Å²) in [6.07, 6.45) is 1.75. The summed E-state index contributed by atoms with van der Waals surface area (Å²) in [6.45, 7) is 2.10. The van der Waals surface area contributed by atoms with Gasteiger partial charge in [0.05, 0.1) is 12.6 Å². The molecule has 1 rings (SSSR count). The van der Waals surface area contributed by atoms with Gasteiger partial charge in [0.25, 0.3) is 0 Å². The first kappa shape index (κ1) is 9.00. The Morgan fingerprint density at radius 1 is 1.58 bits per heavy atom. The van der Waals surface area contributed by atoms with Crippen LogP contribution < -0.4 is 4.90 Å². The maximum Gasteiger partial charge on any atom is 0.128 e. The third kappa shape index (κ3) is 1.95. The molecule has 0 saturated carbocycles. The molecule has 1 N–H and O–H groups in total. The van der Waals surface area contributed by atoms with E-state index in [4.69, 9.17) is 5.11 Å². The minimum atomic E-state index is 0.111. The predicted octanol–water partition coefficient (Wildman–Crippen LogP) is 0.899. The van der Waals surface area contributed by atoms with Gasteiger partial charge in [-0.2, -0.15) is 0 Å². The second kappa shape index (κ2) is 4.07. The van der Waals surface area contributed by atoms with Crippen LogP contribution in [0.3, 0.4) is 0 Å². The molecular weight excluding hydrogens is 152 g/mol. The van der Waals surface area contributed by atoms with Crippen molar-refractivity contribution in [2.75, 3.05) is 18.6 Å². The summed E-state index contributed by atoms with van der Waals surface area (Å²) >= 11 is 0. The van der Waals surface area contributed by atoms with E-state index in [0.29, 0.717) is 0 Å². The molecule has 0 radical (unpaired) electrons. The number of aromatic nitrogens is 1. The largest absolute Gasteiger partial charge is 0.394 e. The SMILES string of the molecule is CC(CO)N(C)c1ccccn1. The summed E-state index contributed by atoms with van der Waals surface area (Å²) in [5, 5.41) is 8.90. The van der Waals surface area contributed by atoms with Crippen LogP contribution in [0, 0.1) is 0 Å². The van der Waals surface area contributed by atoms with Gasteiger partial charge < -0.3 is 10.0 Å². The molecule has 0 fully saturated rings. The molecule has 1 atom stereocenters. The molecule has 0 aliphatic rings. The Kier molecular flexibility index (Phi) is 3.05. The van der Waals surface area contributed by atoms with Crippen molar-refractivity contribution in [3.63, 3.8) is 0 Å². The fraction of sp³-hybridized carbons (Fsp3) is 0.444. The van der Waals surface area contributed by atoms with Crippen LogP contribution in [0.5, 0.6) is 0 Å². The first-order chi connectivity index (χ1) is 5.75. The van der Waals surface area contributed by atoms with E-state index in [1.54, 1.807) is 6.20 Å². The highest BCUT2D eigenvalue weighted by Crippen LogP contribution is 2.09. The summed E-state index contributed by atoms with van der Waals surface area (Å²) in [6, 6.07) is 5.84. The molecule has 1 aromatic heterocycles. The summed E-state index contributed by atoms with van der Waals surface area (Å²) in [5.74, 6) is 0.888. The van der Waals surface area contributed by atoms with E-state index in [0.717, 1.165) is 5.82 Å². The maximum absolute atomic E-state index is 8.90. The molecule has 3 heteroatoms. The van der Waals surface area contributed by atoms with Gasteiger partial charge in [-0.15, -0.1) is 0 Å². The Hall–Kier alpha value is -1.09. The second-order valence-electron chi connectivity index (χ2n) is 2.83. The average molecular weight is 166 g/mol. The standard InChI is InChI=1S/C9H14N2O/c1-8(7-12)11(2)9-5-3-4-6-10-9/h3-6,8,12H,7H2,1-2H3. The first-order valence-electron chi connectivity index (χ1n) is 4.00. The van der Waals surface area contributed by atoms with Crippen LogP contribution in [-0.2, 0) is 0 Å². The van der Waals surface area contributed by atoms with Gasteiger partial charge in [-0.05, 0) is 19.1 Å². The predicted molar refractivity (Wildman–Crippen MR) is 49.2 cm³/mol. The highest BCUT2D eigenvalue weighted by Gasteiger charge is 2.08. The number of likely N-dealkylation sites (N-methyl/N-ethyl adjacent to an activating group) is 1. The van der Waals surface area contributed by atoms with Gasteiger partial charge in [0.2, 0.25) is 0 Å². The number of anilines is 1. The lowest BCUT2D eigenvalue weighted by Crippen LogP contribution is -2.32. The lowest BCUT2D eigenvalue weighted by Gasteiger charge is -2.23. The fourth-order valence-electron chi connectivity index (χ4n) is 0.911. The molecule has 1 aromatic rings. The van der Waals surface area contributed by atoms with Crippen LogP contribution in [0.25, 0.3) is 0 Å². The normalized spacial score (nSPS) is 12.6. The topological polar surface area (TPSA) is 36.4 Å². The highest BCUT2D eigenvalue weighted by atomic mass is 16.3. The van der Waals surface area contributed by atoms with Crippen molar-refractivity contribution in [3.05, 3.63) is 24.4 Å². The van der Waals surface area contributed by atoms with Crippen LogP contribution >= 0.6 is 0 Å². The molecule has 0 aliphatic carbocycles. The van der Waals surface area contributed by atoms with Crippen molar-refractivity contribution in [2.45, 2.75) is 13.0 Å². The van der Waals surface area contributed by atoms with E-state index >= 15 is 0 Å². The van der Waals surface area contributed by atoms with Crippen molar-refractivity contribution in [1.29, 1.82) is 0 Å². The molecular formula is C9H14N2O. The summed E-state index contributed by atoms with van der Waals surface area (Å²) < 4.78 is 0. The monoisotopic (exact) mass is 166 g/mol. The third-order valence-electron chi connectivity index (χ3n) is 1.94. The van der Waals surface area contributed by atoms with Crippen molar-refractivity contribution in [2.24, 2.45) is 0 Å². The molecule has 1 heterocycles. The molecule has 0 saturated heterocycles. The number of pyridine rings is 1. The van der Waals surface area contributed by atoms with E-state index in [1.807, 2.05) is 37.1 Å². The van der Waals surface area contributed by atoms with Crippen molar-refractivity contribution in [3.8, 4) is 0 Å². The molecule has 0 aromatic carbocycles. The lowest BCUT2D eigenvalue weighted by atomic mass is 10.3. The van der Waals surface area contributed by atoms with Crippen LogP contribution in [-0.4, -0.2) is 29.8 Å². The quantitative estimate of drug-likeness (QED) is 0.724. The Bertz CT molecular complexity index is 225. The molecule has 0 spiro atoms. The number of aliphatic hydroxyl groups excluding tert-OH is 1. The third-order valence-corrected chi connectivity index (χ3v) is 1.94. The number of aliphatic hydroxyl groups is 1. The van der Waals surface area contributed by atoms with Crippen LogP contribution in [0.15, 0.2) is 24.4 Å². The Morgan fingerprint density at radius 3 is 2.83 bits per heavy atom. The minimum Gasteiger partial charge on any atom is -0.394 e. The van der Waals surface area contributed by atoms with Crippen molar-refractivity contribution >= 4 is 5.82 Å². The Morgan fingerprint density at radius 2 is 2.33 bits per heavy atom. The number of hydrogen-bond donors (Lipinski definition) is 1. The molecule has 3 nitrogen and oxygen atoms in total. The van der Waals surface area contributed by atoms with Gasteiger partial charge in [0, 0.05) is 13.2 Å². The molecule has 1 unspecified atom stereocenters. The molecule has 0 aliphatic heterocycles. The Balaban J connectivity index is 2.71. The van der Waals surface area contributed by atoms with Gasteiger partial charge in [-0.1, -0.05) is 6.07 Å². The van der Waals surface area contributed by atoms with Gasteiger partial charge >= 0.3 is 0 Å². The van der Waals surface area contributed by atoms with Crippen molar-refractivity contribution < 1.29 is 5.11 Å². The summed E-state index contributed by atoms with van der Waals surface area (Å²) in [5.41, 5.74) is 0. The zero-order chi connectivity index (χ0) is 8.97. The maximum atomic E-state index is 8.90. The minimum absolute atomic E-state index is 0.111. The number of rotatable bonds is 3. The van der Waals surface area contributed by atoms with E-state index in [1.165, 1.54) is 0 Å². The molecule has 66 valence electrons. The van der Waals surface area contributed by atoms with Gasteiger partial charge in [-0.25, -0.2) is 4.98 Å².